The SMILES string of the molecule is [O-]c1cccc2ccc3ccccc3c12. The van der Waals surface area contributed by atoms with Crippen LogP contribution in [0.4, 0.5) is 0 Å². The lowest BCUT2D eigenvalue weighted by Crippen LogP contribution is -1.90. The standard InChI is InChI=1S/C14H10O/c15-13-7-3-5-11-9-8-10-4-1-2-6-12(10)14(11)13/h1-9,15H/p-1. The Hall–Kier alpha value is -2.02. The van der Waals surface area contributed by atoms with Crippen LogP contribution in [0.15, 0.2) is 54.6 Å². The van der Waals surface area contributed by atoms with E-state index in [1.807, 2.05) is 36.4 Å². The van der Waals surface area contributed by atoms with Crippen LogP contribution in [-0.4, -0.2) is 0 Å². The number of benzene rings is 3. The molecule has 0 radical (unpaired) electrons. The highest BCUT2D eigenvalue weighted by molar-refractivity contribution is 6.10. The average Bonchev–Trinajstić information content (AvgIpc) is 2.29. The first-order chi connectivity index (χ1) is 7.36. The van der Waals surface area contributed by atoms with Crippen molar-refractivity contribution in [2.45, 2.75) is 0 Å². The predicted octanol–water partition coefficient (Wildman–Crippen LogP) is 3.07. The number of fused-ring (bicyclic) bond motifs is 3. The molecule has 0 bridgehead atoms. The summed E-state index contributed by atoms with van der Waals surface area (Å²) >= 11 is 0. The summed E-state index contributed by atoms with van der Waals surface area (Å²) in [5.41, 5.74) is 0. The predicted molar refractivity (Wildman–Crippen MR) is 60.9 cm³/mol. The molecule has 0 spiro atoms. The summed E-state index contributed by atoms with van der Waals surface area (Å²) in [4.78, 5) is 0. The van der Waals surface area contributed by atoms with Crippen LogP contribution in [-0.2, 0) is 0 Å². The van der Waals surface area contributed by atoms with Crippen LogP contribution in [0.2, 0.25) is 0 Å². The molecule has 3 aromatic rings. The molecule has 0 heterocycles. The summed E-state index contributed by atoms with van der Waals surface area (Å²) in [6.45, 7) is 0. The molecule has 0 aliphatic rings. The Morgan fingerprint density at radius 3 is 2.33 bits per heavy atom. The van der Waals surface area contributed by atoms with Crippen molar-refractivity contribution in [1.29, 1.82) is 0 Å². The molecule has 0 saturated carbocycles. The van der Waals surface area contributed by atoms with Gasteiger partial charge in [-0.3, -0.25) is 0 Å². The minimum atomic E-state index is 0.101. The van der Waals surface area contributed by atoms with Gasteiger partial charge in [-0.05, 0) is 21.5 Å². The van der Waals surface area contributed by atoms with Crippen LogP contribution in [0.1, 0.15) is 0 Å². The molecule has 72 valence electrons. The number of hydrogen-bond donors (Lipinski definition) is 0. The van der Waals surface area contributed by atoms with Crippen LogP contribution in [0.3, 0.4) is 0 Å². The zero-order valence-corrected chi connectivity index (χ0v) is 8.10. The van der Waals surface area contributed by atoms with Crippen LogP contribution in [0, 0.1) is 0 Å². The number of rotatable bonds is 0. The van der Waals surface area contributed by atoms with Crippen LogP contribution in [0.25, 0.3) is 21.5 Å². The topological polar surface area (TPSA) is 23.1 Å². The smallest absolute Gasteiger partial charge is 0.0112 e. The molecule has 0 aliphatic heterocycles. The maximum Gasteiger partial charge on any atom is -0.0112 e. The van der Waals surface area contributed by atoms with Gasteiger partial charge in [0.1, 0.15) is 0 Å². The van der Waals surface area contributed by atoms with Crippen molar-refractivity contribution >= 4 is 21.5 Å². The third kappa shape index (κ3) is 1.17. The van der Waals surface area contributed by atoms with Gasteiger partial charge in [-0.1, -0.05) is 54.6 Å². The summed E-state index contributed by atoms with van der Waals surface area (Å²) in [5, 5.41) is 15.8. The summed E-state index contributed by atoms with van der Waals surface area (Å²) in [6, 6.07) is 17.4. The average molecular weight is 193 g/mol. The van der Waals surface area contributed by atoms with Gasteiger partial charge in [0, 0.05) is 0 Å². The summed E-state index contributed by atoms with van der Waals surface area (Å²) in [7, 11) is 0. The minimum Gasteiger partial charge on any atom is -0.872 e. The van der Waals surface area contributed by atoms with Gasteiger partial charge >= 0.3 is 0 Å². The van der Waals surface area contributed by atoms with Crippen molar-refractivity contribution < 1.29 is 5.11 Å². The zero-order valence-electron chi connectivity index (χ0n) is 8.10. The van der Waals surface area contributed by atoms with E-state index in [9.17, 15) is 5.11 Å². The van der Waals surface area contributed by atoms with Crippen molar-refractivity contribution in [2.75, 3.05) is 0 Å². The normalized spacial score (nSPS) is 10.9. The summed E-state index contributed by atoms with van der Waals surface area (Å²) < 4.78 is 0. The quantitative estimate of drug-likeness (QED) is 0.503. The Bertz CT molecular complexity index is 641. The van der Waals surface area contributed by atoms with E-state index in [0.29, 0.717) is 0 Å². The molecule has 0 amide bonds. The van der Waals surface area contributed by atoms with Gasteiger partial charge in [0.2, 0.25) is 0 Å². The maximum absolute atomic E-state index is 11.8. The molecule has 3 rings (SSSR count). The van der Waals surface area contributed by atoms with Crippen LogP contribution < -0.4 is 5.11 Å². The lowest BCUT2D eigenvalue weighted by molar-refractivity contribution is -0.265. The molecule has 0 atom stereocenters. The van der Waals surface area contributed by atoms with E-state index in [1.54, 1.807) is 12.1 Å². The van der Waals surface area contributed by atoms with E-state index in [2.05, 4.69) is 6.07 Å². The zero-order chi connectivity index (χ0) is 10.3. The molecule has 1 nitrogen and oxygen atoms in total. The van der Waals surface area contributed by atoms with Gasteiger partial charge < -0.3 is 5.11 Å². The fourth-order valence-corrected chi connectivity index (χ4v) is 2.02. The van der Waals surface area contributed by atoms with Crippen LogP contribution in [0.5, 0.6) is 5.75 Å². The van der Waals surface area contributed by atoms with Gasteiger partial charge in [0.05, 0.1) is 0 Å². The Balaban J connectivity index is 2.64. The Labute approximate surface area is 87.6 Å². The van der Waals surface area contributed by atoms with Gasteiger partial charge in [-0.2, -0.15) is 0 Å². The maximum atomic E-state index is 11.8. The van der Waals surface area contributed by atoms with E-state index in [4.69, 9.17) is 0 Å². The summed E-state index contributed by atoms with van der Waals surface area (Å²) in [5.74, 6) is 0.101. The molecule has 0 fully saturated rings. The van der Waals surface area contributed by atoms with E-state index in [-0.39, 0.29) is 5.75 Å². The Kier molecular flexibility index (Phi) is 1.65. The fourth-order valence-electron chi connectivity index (χ4n) is 2.02. The molecule has 0 aliphatic carbocycles. The largest absolute Gasteiger partial charge is 0.872 e. The van der Waals surface area contributed by atoms with E-state index >= 15 is 0 Å². The van der Waals surface area contributed by atoms with Crippen molar-refractivity contribution in [3.05, 3.63) is 54.6 Å². The molecule has 0 unspecified atom stereocenters. The first kappa shape index (κ1) is 8.30. The highest BCUT2D eigenvalue weighted by Gasteiger charge is 1.99. The van der Waals surface area contributed by atoms with Crippen molar-refractivity contribution in [3.63, 3.8) is 0 Å². The van der Waals surface area contributed by atoms with Crippen molar-refractivity contribution in [2.24, 2.45) is 0 Å². The summed E-state index contributed by atoms with van der Waals surface area (Å²) in [6.07, 6.45) is 0. The molecular weight excluding hydrogens is 184 g/mol. The van der Waals surface area contributed by atoms with Gasteiger partial charge in [0.25, 0.3) is 0 Å². The second-order valence-electron chi connectivity index (χ2n) is 3.64. The second kappa shape index (κ2) is 2.99. The van der Waals surface area contributed by atoms with E-state index < -0.39 is 0 Å². The number of hydrogen-bond acceptors (Lipinski definition) is 1. The lowest BCUT2D eigenvalue weighted by Gasteiger charge is -2.12. The molecule has 0 aromatic heterocycles. The molecule has 3 aromatic carbocycles. The Morgan fingerprint density at radius 1 is 0.667 bits per heavy atom. The molecular formula is C14H9O-. The third-order valence-electron chi connectivity index (χ3n) is 2.73. The van der Waals surface area contributed by atoms with Gasteiger partial charge in [-0.25, -0.2) is 0 Å². The van der Waals surface area contributed by atoms with E-state index in [1.165, 1.54) is 0 Å². The second-order valence-corrected chi connectivity index (χ2v) is 3.64. The lowest BCUT2D eigenvalue weighted by atomic mass is 10.0. The van der Waals surface area contributed by atoms with Crippen molar-refractivity contribution in [1.82, 2.24) is 0 Å². The highest BCUT2D eigenvalue weighted by Crippen LogP contribution is 2.30. The molecule has 1 heteroatoms. The first-order valence-corrected chi connectivity index (χ1v) is 4.94. The van der Waals surface area contributed by atoms with E-state index in [0.717, 1.165) is 21.5 Å². The minimum absolute atomic E-state index is 0.101. The highest BCUT2D eigenvalue weighted by atomic mass is 16.3. The van der Waals surface area contributed by atoms with Crippen molar-refractivity contribution in [3.8, 4) is 5.75 Å². The monoisotopic (exact) mass is 193 g/mol. The molecule has 0 saturated heterocycles. The van der Waals surface area contributed by atoms with Gasteiger partial charge in [0.15, 0.2) is 0 Å². The molecule has 15 heavy (non-hydrogen) atoms. The van der Waals surface area contributed by atoms with Gasteiger partial charge in [-0.15, -0.1) is 5.75 Å². The first-order valence-electron chi connectivity index (χ1n) is 4.94. The Morgan fingerprint density at radius 2 is 1.40 bits per heavy atom. The molecule has 0 N–H and O–H groups in total. The third-order valence-corrected chi connectivity index (χ3v) is 2.73. The fraction of sp³-hybridized carbons (Fsp3) is 0. The van der Waals surface area contributed by atoms with Crippen LogP contribution >= 0.6 is 0 Å².